The molecule has 0 spiro atoms. The van der Waals surface area contributed by atoms with E-state index in [2.05, 4.69) is 41.5 Å². The smallest absolute Gasteiger partial charge is 0.187 e. The fourth-order valence-corrected chi connectivity index (χ4v) is 3.80. The van der Waals surface area contributed by atoms with Gasteiger partial charge in [0.25, 0.3) is 0 Å². The summed E-state index contributed by atoms with van der Waals surface area (Å²) in [6.45, 7) is 14.9. The number of aliphatic imine (C=N–C) groups is 2. The van der Waals surface area contributed by atoms with Gasteiger partial charge >= 0.3 is 0 Å². The van der Waals surface area contributed by atoms with E-state index >= 15 is 0 Å². The van der Waals surface area contributed by atoms with Crippen LogP contribution in [0.3, 0.4) is 0 Å². The Hall–Kier alpha value is -1.06. The Kier molecular flexibility index (Phi) is 4.69. The van der Waals surface area contributed by atoms with Gasteiger partial charge in [-0.2, -0.15) is 0 Å². The van der Waals surface area contributed by atoms with Crippen LogP contribution >= 0.6 is 0 Å². The molecular weight excluding hydrogens is 300 g/mol. The topological polar surface area (TPSA) is 43.2 Å². The molecule has 136 valence electrons. The van der Waals surface area contributed by atoms with Crippen LogP contribution in [0, 0.1) is 22.7 Å². The van der Waals surface area contributed by atoms with E-state index < -0.39 is 0 Å². The predicted octanol–water partition coefficient (Wildman–Crippen LogP) is 4.48. The monoisotopic (exact) mass is 334 g/mol. The number of nitrogens with zero attached hydrogens (tertiary/aromatic N) is 2. The molecule has 0 radical (unpaired) electrons. The lowest BCUT2D eigenvalue weighted by Gasteiger charge is -2.30. The van der Waals surface area contributed by atoms with E-state index in [1.807, 2.05) is 0 Å². The largest absolute Gasteiger partial charge is 0.478 e. The van der Waals surface area contributed by atoms with E-state index in [1.54, 1.807) is 0 Å². The molecule has 0 saturated heterocycles. The van der Waals surface area contributed by atoms with Crippen molar-refractivity contribution in [1.82, 2.24) is 0 Å². The summed E-state index contributed by atoms with van der Waals surface area (Å²) in [5.41, 5.74) is 0.315. The minimum Gasteiger partial charge on any atom is -0.478 e. The van der Waals surface area contributed by atoms with Gasteiger partial charge in [-0.15, -0.1) is 0 Å². The SMILES string of the molecule is CC(C)(C)[C@@H]1COC([C@@H]2CCCC[C@H]2C2=N[C@H](C(C)(C)C)CO2)=N1. The summed E-state index contributed by atoms with van der Waals surface area (Å²) in [5.74, 6) is 2.63. The number of hydrogen-bond donors (Lipinski definition) is 0. The highest BCUT2D eigenvalue weighted by molar-refractivity contribution is 5.89. The zero-order chi connectivity index (χ0) is 17.5. The minimum absolute atomic E-state index is 0.157. The molecular formula is C20H34N2O2. The second kappa shape index (κ2) is 6.34. The Labute approximate surface area is 147 Å². The molecule has 0 bridgehead atoms. The highest BCUT2D eigenvalue weighted by atomic mass is 16.5. The summed E-state index contributed by atoms with van der Waals surface area (Å²) in [5, 5.41) is 0. The molecule has 1 saturated carbocycles. The third-order valence-corrected chi connectivity index (χ3v) is 5.74. The zero-order valence-corrected chi connectivity index (χ0v) is 16.3. The van der Waals surface area contributed by atoms with Crippen molar-refractivity contribution in [2.45, 2.75) is 79.3 Å². The zero-order valence-electron chi connectivity index (χ0n) is 16.3. The van der Waals surface area contributed by atoms with E-state index in [9.17, 15) is 0 Å². The lowest BCUT2D eigenvalue weighted by atomic mass is 9.78. The summed E-state index contributed by atoms with van der Waals surface area (Å²) >= 11 is 0. The first-order valence-corrected chi connectivity index (χ1v) is 9.57. The number of rotatable bonds is 2. The third kappa shape index (κ3) is 3.62. The van der Waals surface area contributed by atoms with E-state index in [0.717, 1.165) is 37.9 Å². The van der Waals surface area contributed by atoms with E-state index in [4.69, 9.17) is 19.5 Å². The van der Waals surface area contributed by atoms with Gasteiger partial charge in [0.15, 0.2) is 11.8 Å². The van der Waals surface area contributed by atoms with Gasteiger partial charge in [-0.25, -0.2) is 9.98 Å². The molecule has 0 aromatic carbocycles. The van der Waals surface area contributed by atoms with Crippen molar-refractivity contribution >= 4 is 11.8 Å². The van der Waals surface area contributed by atoms with Crippen molar-refractivity contribution < 1.29 is 9.47 Å². The molecule has 24 heavy (non-hydrogen) atoms. The molecule has 2 aliphatic heterocycles. The van der Waals surface area contributed by atoms with E-state index in [-0.39, 0.29) is 22.9 Å². The third-order valence-electron chi connectivity index (χ3n) is 5.74. The van der Waals surface area contributed by atoms with Crippen molar-refractivity contribution in [2.75, 3.05) is 13.2 Å². The molecule has 4 nitrogen and oxygen atoms in total. The van der Waals surface area contributed by atoms with Crippen LogP contribution in [0.5, 0.6) is 0 Å². The quantitative estimate of drug-likeness (QED) is 0.747. The average molecular weight is 335 g/mol. The Morgan fingerprint density at radius 3 is 1.38 bits per heavy atom. The molecule has 4 atom stereocenters. The van der Waals surface area contributed by atoms with Crippen molar-refractivity contribution in [2.24, 2.45) is 32.7 Å². The van der Waals surface area contributed by atoms with Gasteiger partial charge < -0.3 is 9.47 Å². The van der Waals surface area contributed by atoms with E-state index in [0.29, 0.717) is 11.8 Å². The maximum atomic E-state index is 6.05. The molecule has 1 fully saturated rings. The van der Waals surface area contributed by atoms with Gasteiger partial charge in [0.2, 0.25) is 0 Å². The first-order valence-electron chi connectivity index (χ1n) is 9.57. The maximum Gasteiger partial charge on any atom is 0.187 e. The average Bonchev–Trinajstić information content (AvgIpc) is 3.16. The standard InChI is InChI=1S/C20H34N2O2/c1-19(2,3)15-11-23-17(21-15)13-9-7-8-10-14(13)18-22-16(12-24-18)20(4,5)6/h13-16H,7-12H2,1-6H3/t13-,14-,15+,16+/m1/s1. The summed E-state index contributed by atoms with van der Waals surface area (Å²) in [6.07, 6.45) is 4.78. The maximum absolute atomic E-state index is 6.05. The molecule has 0 amide bonds. The van der Waals surface area contributed by atoms with Crippen LogP contribution in [0.4, 0.5) is 0 Å². The van der Waals surface area contributed by atoms with Crippen LogP contribution in [-0.2, 0) is 9.47 Å². The van der Waals surface area contributed by atoms with Gasteiger partial charge in [0.1, 0.15) is 13.2 Å². The van der Waals surface area contributed by atoms with Crippen LogP contribution in [0.15, 0.2) is 9.98 Å². The Bertz CT molecular complexity index is 477. The van der Waals surface area contributed by atoms with Gasteiger partial charge in [-0.05, 0) is 23.7 Å². The molecule has 3 rings (SSSR count). The highest BCUT2D eigenvalue weighted by Crippen LogP contribution is 2.38. The molecule has 0 N–H and O–H groups in total. The number of ether oxygens (including phenoxy) is 2. The van der Waals surface area contributed by atoms with Crippen LogP contribution in [0.25, 0.3) is 0 Å². The Balaban J connectivity index is 1.78. The second-order valence-electron chi connectivity index (χ2n) is 9.82. The van der Waals surface area contributed by atoms with Gasteiger partial charge in [-0.1, -0.05) is 54.4 Å². The van der Waals surface area contributed by atoms with Gasteiger partial charge in [0.05, 0.1) is 12.1 Å². The lowest BCUT2D eigenvalue weighted by molar-refractivity contribution is 0.204. The summed E-state index contributed by atoms with van der Waals surface area (Å²) < 4.78 is 12.1. The molecule has 0 aromatic rings. The minimum atomic E-state index is 0.157. The molecule has 0 unspecified atom stereocenters. The van der Waals surface area contributed by atoms with Crippen molar-refractivity contribution in [3.05, 3.63) is 0 Å². The molecule has 1 aliphatic carbocycles. The van der Waals surface area contributed by atoms with Crippen LogP contribution < -0.4 is 0 Å². The fraction of sp³-hybridized carbons (Fsp3) is 0.900. The second-order valence-corrected chi connectivity index (χ2v) is 9.82. The molecule has 0 aromatic heterocycles. The summed E-state index contributed by atoms with van der Waals surface area (Å²) in [6, 6.07) is 0.535. The molecule has 4 heteroatoms. The summed E-state index contributed by atoms with van der Waals surface area (Å²) in [7, 11) is 0. The highest BCUT2D eigenvalue weighted by Gasteiger charge is 2.42. The first-order chi connectivity index (χ1) is 11.2. The first kappa shape index (κ1) is 17.8. The molecule has 3 aliphatic rings. The van der Waals surface area contributed by atoms with Crippen molar-refractivity contribution in [3.63, 3.8) is 0 Å². The van der Waals surface area contributed by atoms with Crippen molar-refractivity contribution in [3.8, 4) is 0 Å². The molecule has 2 heterocycles. The van der Waals surface area contributed by atoms with Crippen molar-refractivity contribution in [1.29, 1.82) is 0 Å². The lowest BCUT2D eigenvalue weighted by Crippen LogP contribution is -2.33. The summed E-state index contributed by atoms with van der Waals surface area (Å²) in [4.78, 5) is 9.91. The fourth-order valence-electron chi connectivity index (χ4n) is 3.80. The Morgan fingerprint density at radius 2 is 1.08 bits per heavy atom. The normalized spacial score (nSPS) is 34.4. The van der Waals surface area contributed by atoms with Crippen LogP contribution in [0.2, 0.25) is 0 Å². The Morgan fingerprint density at radius 1 is 0.708 bits per heavy atom. The number of hydrogen-bond acceptors (Lipinski definition) is 4. The van der Waals surface area contributed by atoms with Gasteiger partial charge in [-0.3, -0.25) is 0 Å². The van der Waals surface area contributed by atoms with Crippen LogP contribution in [0.1, 0.15) is 67.2 Å². The predicted molar refractivity (Wildman–Crippen MR) is 98.7 cm³/mol. The van der Waals surface area contributed by atoms with Gasteiger partial charge in [0, 0.05) is 11.8 Å². The van der Waals surface area contributed by atoms with Crippen LogP contribution in [-0.4, -0.2) is 37.1 Å². The van der Waals surface area contributed by atoms with E-state index in [1.165, 1.54) is 12.8 Å².